The van der Waals surface area contributed by atoms with Gasteiger partial charge in [0.2, 0.25) is 5.91 Å². The zero-order chi connectivity index (χ0) is 18.8. The van der Waals surface area contributed by atoms with E-state index in [1.165, 1.54) is 16.2 Å². The van der Waals surface area contributed by atoms with Crippen molar-refractivity contribution in [2.75, 3.05) is 5.75 Å². The second-order valence-corrected chi connectivity index (χ2v) is 8.44. The molecule has 0 spiro atoms. The lowest BCUT2D eigenvalue weighted by Crippen LogP contribution is -2.54. The lowest BCUT2D eigenvalue weighted by Gasteiger charge is -2.36. The van der Waals surface area contributed by atoms with E-state index in [1.54, 1.807) is 5.38 Å². The minimum Gasteiger partial charge on any atom is -0.346 e. The van der Waals surface area contributed by atoms with Crippen molar-refractivity contribution in [2.45, 2.75) is 37.8 Å². The molecule has 2 atom stereocenters. The van der Waals surface area contributed by atoms with Crippen molar-refractivity contribution in [3.63, 3.8) is 0 Å². The van der Waals surface area contributed by atoms with E-state index >= 15 is 0 Å². The largest absolute Gasteiger partial charge is 0.346 e. The van der Waals surface area contributed by atoms with Gasteiger partial charge in [-0.15, -0.1) is 11.3 Å². The van der Waals surface area contributed by atoms with Gasteiger partial charge in [-0.1, -0.05) is 54.9 Å². The molecule has 2 unspecified atom stereocenters. The highest BCUT2D eigenvalue weighted by atomic mass is 32.2. The molecule has 2 fully saturated rings. The highest BCUT2D eigenvalue weighted by molar-refractivity contribution is 8.14. The molecule has 1 aromatic carbocycles. The van der Waals surface area contributed by atoms with E-state index in [0.717, 1.165) is 48.0 Å². The Morgan fingerprint density at radius 3 is 2.67 bits per heavy atom. The maximum atomic E-state index is 12.7. The molecule has 6 nitrogen and oxygen atoms in total. The number of thioether (sulfide) groups is 1. The van der Waals surface area contributed by atoms with Crippen molar-refractivity contribution in [1.82, 2.24) is 15.2 Å². The van der Waals surface area contributed by atoms with Gasteiger partial charge in [0.05, 0.1) is 17.8 Å². The summed E-state index contributed by atoms with van der Waals surface area (Å²) in [4.78, 5) is 42.7. The Hall–Kier alpha value is -2.19. The van der Waals surface area contributed by atoms with E-state index in [4.69, 9.17) is 0 Å². The zero-order valence-electron chi connectivity index (χ0n) is 14.6. The molecule has 140 valence electrons. The van der Waals surface area contributed by atoms with Crippen molar-refractivity contribution in [3.8, 4) is 10.6 Å². The molecule has 1 aliphatic heterocycles. The standard InChI is InChI=1S/C19H19N3O3S2/c23-16-11-27-19(25)22(16)15-9-5-4-8-13(15)20-17(24)14-10-26-18(21-14)12-6-2-1-3-7-12/h1-3,6-7,10,13,15H,4-5,8-9,11H2,(H,20,24). The van der Waals surface area contributed by atoms with Crippen molar-refractivity contribution in [3.05, 3.63) is 41.4 Å². The van der Waals surface area contributed by atoms with Crippen LogP contribution in [-0.2, 0) is 4.79 Å². The van der Waals surface area contributed by atoms with Crippen LogP contribution in [0.3, 0.4) is 0 Å². The fourth-order valence-corrected chi connectivity index (χ4v) is 5.18. The summed E-state index contributed by atoms with van der Waals surface area (Å²) < 4.78 is 0. The van der Waals surface area contributed by atoms with Crippen LogP contribution in [0.1, 0.15) is 36.2 Å². The first-order chi connectivity index (χ1) is 13.1. The van der Waals surface area contributed by atoms with Gasteiger partial charge in [-0.05, 0) is 12.8 Å². The van der Waals surface area contributed by atoms with Gasteiger partial charge in [0, 0.05) is 10.9 Å². The van der Waals surface area contributed by atoms with Crippen LogP contribution in [0.25, 0.3) is 10.6 Å². The molecule has 2 aromatic rings. The minimum atomic E-state index is -0.259. The minimum absolute atomic E-state index is 0.156. The van der Waals surface area contributed by atoms with Crippen molar-refractivity contribution >= 4 is 40.2 Å². The van der Waals surface area contributed by atoms with Crippen molar-refractivity contribution in [1.29, 1.82) is 0 Å². The number of imide groups is 1. The first-order valence-electron chi connectivity index (χ1n) is 8.94. The third kappa shape index (κ3) is 3.77. The molecule has 27 heavy (non-hydrogen) atoms. The van der Waals surface area contributed by atoms with E-state index in [9.17, 15) is 14.4 Å². The summed E-state index contributed by atoms with van der Waals surface area (Å²) in [6, 6.07) is 9.24. The molecule has 1 aliphatic carbocycles. The van der Waals surface area contributed by atoms with Crippen LogP contribution in [0, 0.1) is 0 Å². The molecule has 1 saturated carbocycles. The molecule has 2 aliphatic rings. The summed E-state index contributed by atoms with van der Waals surface area (Å²) >= 11 is 2.47. The van der Waals surface area contributed by atoms with E-state index in [1.807, 2.05) is 30.3 Å². The van der Waals surface area contributed by atoms with E-state index in [0.29, 0.717) is 5.69 Å². The smallest absolute Gasteiger partial charge is 0.289 e. The van der Waals surface area contributed by atoms with Crippen LogP contribution in [-0.4, -0.2) is 44.8 Å². The fraction of sp³-hybridized carbons (Fsp3) is 0.368. The number of aromatic nitrogens is 1. The number of hydrogen-bond donors (Lipinski definition) is 1. The Kier molecular flexibility index (Phi) is 5.27. The Bertz CT molecular complexity index is 852. The zero-order valence-corrected chi connectivity index (χ0v) is 16.2. The van der Waals surface area contributed by atoms with Gasteiger partial charge in [-0.2, -0.15) is 0 Å². The quantitative estimate of drug-likeness (QED) is 0.848. The summed E-state index contributed by atoms with van der Waals surface area (Å²) in [7, 11) is 0. The van der Waals surface area contributed by atoms with Crippen LogP contribution >= 0.6 is 23.1 Å². The van der Waals surface area contributed by atoms with Gasteiger partial charge in [0.15, 0.2) is 0 Å². The molecule has 1 saturated heterocycles. The first kappa shape index (κ1) is 18.2. The van der Waals surface area contributed by atoms with Crippen LogP contribution < -0.4 is 5.32 Å². The number of hydrogen-bond acceptors (Lipinski definition) is 6. The second kappa shape index (κ2) is 7.82. The number of nitrogens with zero attached hydrogens (tertiary/aromatic N) is 2. The maximum absolute atomic E-state index is 12.7. The topological polar surface area (TPSA) is 79.4 Å². The second-order valence-electron chi connectivity index (χ2n) is 6.65. The van der Waals surface area contributed by atoms with E-state index in [-0.39, 0.29) is 34.9 Å². The maximum Gasteiger partial charge on any atom is 0.289 e. The number of thiazole rings is 1. The van der Waals surface area contributed by atoms with Gasteiger partial charge in [-0.25, -0.2) is 4.98 Å². The summed E-state index contributed by atoms with van der Waals surface area (Å²) in [6.07, 6.45) is 3.41. The SMILES string of the molecule is O=C(NC1CCCCC1N1C(=O)CSC1=O)c1csc(-c2ccccc2)n1. The molecule has 8 heteroatoms. The van der Waals surface area contributed by atoms with Crippen LogP contribution in [0.5, 0.6) is 0 Å². The van der Waals surface area contributed by atoms with Crippen LogP contribution in [0.2, 0.25) is 0 Å². The third-order valence-electron chi connectivity index (χ3n) is 4.92. The number of benzene rings is 1. The molecule has 1 N–H and O–H groups in total. The summed E-state index contributed by atoms with van der Waals surface area (Å²) in [5.74, 6) is -0.212. The lowest BCUT2D eigenvalue weighted by molar-refractivity contribution is -0.127. The van der Waals surface area contributed by atoms with Crippen molar-refractivity contribution in [2.24, 2.45) is 0 Å². The van der Waals surface area contributed by atoms with Crippen LogP contribution in [0.15, 0.2) is 35.7 Å². The highest BCUT2D eigenvalue weighted by Gasteiger charge is 2.41. The number of nitrogens with one attached hydrogen (secondary N) is 1. The van der Waals surface area contributed by atoms with Gasteiger partial charge < -0.3 is 5.32 Å². The fourth-order valence-electron chi connectivity index (χ4n) is 3.61. The first-order valence-corrected chi connectivity index (χ1v) is 10.8. The highest BCUT2D eigenvalue weighted by Crippen LogP contribution is 2.30. The Morgan fingerprint density at radius 1 is 1.15 bits per heavy atom. The van der Waals surface area contributed by atoms with Gasteiger partial charge in [0.1, 0.15) is 10.7 Å². The van der Waals surface area contributed by atoms with Crippen LogP contribution in [0.4, 0.5) is 4.79 Å². The monoisotopic (exact) mass is 401 g/mol. The molecular formula is C19H19N3O3S2. The number of carbonyl (C=O) groups is 3. The van der Waals surface area contributed by atoms with Gasteiger partial charge >= 0.3 is 0 Å². The summed E-state index contributed by atoms with van der Waals surface area (Å²) in [5.41, 5.74) is 1.35. The molecular weight excluding hydrogens is 382 g/mol. The molecule has 1 aromatic heterocycles. The molecule has 3 amide bonds. The Morgan fingerprint density at radius 2 is 1.93 bits per heavy atom. The average Bonchev–Trinajstić information content (AvgIpc) is 3.30. The molecule has 4 rings (SSSR count). The van der Waals surface area contributed by atoms with Crippen molar-refractivity contribution < 1.29 is 14.4 Å². The predicted molar refractivity (Wildman–Crippen MR) is 106 cm³/mol. The Balaban J connectivity index is 1.49. The normalized spacial score (nSPS) is 22.9. The Labute approximate surface area is 165 Å². The molecule has 0 bridgehead atoms. The van der Waals surface area contributed by atoms with Gasteiger partial charge in [-0.3, -0.25) is 19.3 Å². The van der Waals surface area contributed by atoms with E-state index < -0.39 is 0 Å². The van der Waals surface area contributed by atoms with Gasteiger partial charge in [0.25, 0.3) is 11.1 Å². The predicted octanol–water partition coefficient (Wildman–Crippen LogP) is 3.55. The number of amides is 3. The average molecular weight is 402 g/mol. The third-order valence-corrected chi connectivity index (χ3v) is 6.65. The molecule has 0 radical (unpaired) electrons. The molecule has 2 heterocycles. The number of rotatable bonds is 4. The number of carbonyl (C=O) groups excluding carboxylic acids is 3. The lowest BCUT2D eigenvalue weighted by atomic mass is 9.89. The summed E-state index contributed by atoms with van der Waals surface area (Å²) in [6.45, 7) is 0. The summed E-state index contributed by atoms with van der Waals surface area (Å²) in [5, 5.41) is 5.36. The van der Waals surface area contributed by atoms with E-state index in [2.05, 4.69) is 10.3 Å².